The van der Waals surface area contributed by atoms with Gasteiger partial charge in [-0.05, 0) is 12.3 Å². The lowest BCUT2D eigenvalue weighted by atomic mass is 9.85. The van der Waals surface area contributed by atoms with Crippen LogP contribution in [0.1, 0.15) is 39.4 Å². The van der Waals surface area contributed by atoms with Gasteiger partial charge in [0.25, 0.3) is 0 Å². The lowest BCUT2D eigenvalue weighted by molar-refractivity contribution is 0.0942. The molecule has 0 aliphatic carbocycles. The summed E-state index contributed by atoms with van der Waals surface area (Å²) >= 11 is 0. The maximum Gasteiger partial charge on any atom is 0.223 e. The zero-order valence-electron chi connectivity index (χ0n) is 12.7. The number of aromatic nitrogens is 2. The van der Waals surface area contributed by atoms with Crippen LogP contribution < -0.4 is 5.32 Å². The van der Waals surface area contributed by atoms with Gasteiger partial charge >= 0.3 is 0 Å². The first-order valence-corrected chi connectivity index (χ1v) is 7.13. The Kier molecular flexibility index (Phi) is 4.26. The second-order valence-electron chi connectivity index (χ2n) is 6.65. The third-order valence-corrected chi connectivity index (χ3v) is 3.94. The van der Waals surface area contributed by atoms with E-state index in [-0.39, 0.29) is 0 Å². The van der Waals surface area contributed by atoms with Crippen LogP contribution in [-0.2, 0) is 6.42 Å². The standard InChI is InChI=1S/C14H26N4O/c1-10-8-15-12(14(3,4)5)9-18(10)7-6-13-16-11(2)19-17-13/h10,12,15H,6-9H2,1-5H3. The Balaban J connectivity index is 1.90. The normalized spacial score (nSPS) is 25.7. The van der Waals surface area contributed by atoms with Crippen molar-refractivity contribution >= 4 is 0 Å². The lowest BCUT2D eigenvalue weighted by Gasteiger charge is -2.44. The molecule has 0 aromatic carbocycles. The highest BCUT2D eigenvalue weighted by Crippen LogP contribution is 2.23. The summed E-state index contributed by atoms with van der Waals surface area (Å²) in [5, 5.41) is 7.61. The molecular formula is C14H26N4O. The summed E-state index contributed by atoms with van der Waals surface area (Å²) in [5.41, 5.74) is 0.293. The molecule has 5 heteroatoms. The Morgan fingerprint density at radius 2 is 2.16 bits per heavy atom. The van der Waals surface area contributed by atoms with Crippen LogP contribution in [-0.4, -0.2) is 46.8 Å². The van der Waals surface area contributed by atoms with Gasteiger partial charge < -0.3 is 9.84 Å². The topological polar surface area (TPSA) is 54.2 Å². The number of hydrogen-bond donors (Lipinski definition) is 1. The van der Waals surface area contributed by atoms with Crippen molar-refractivity contribution in [1.82, 2.24) is 20.4 Å². The van der Waals surface area contributed by atoms with Gasteiger partial charge in [-0.1, -0.05) is 25.9 Å². The van der Waals surface area contributed by atoms with Crippen molar-refractivity contribution < 1.29 is 4.52 Å². The summed E-state index contributed by atoms with van der Waals surface area (Å²) in [6, 6.07) is 1.10. The van der Waals surface area contributed by atoms with E-state index in [0.717, 1.165) is 31.9 Å². The fourth-order valence-electron chi connectivity index (χ4n) is 2.50. The average Bonchev–Trinajstić information content (AvgIpc) is 2.72. The van der Waals surface area contributed by atoms with Crippen molar-refractivity contribution in [2.75, 3.05) is 19.6 Å². The molecule has 1 aromatic rings. The molecule has 2 unspecified atom stereocenters. The van der Waals surface area contributed by atoms with Gasteiger partial charge in [-0.25, -0.2) is 0 Å². The first-order valence-electron chi connectivity index (χ1n) is 7.13. The van der Waals surface area contributed by atoms with Gasteiger partial charge in [-0.2, -0.15) is 4.98 Å². The largest absolute Gasteiger partial charge is 0.340 e. The van der Waals surface area contributed by atoms with Gasteiger partial charge in [0.2, 0.25) is 5.89 Å². The molecule has 108 valence electrons. The van der Waals surface area contributed by atoms with E-state index in [0.29, 0.717) is 23.4 Å². The van der Waals surface area contributed by atoms with Crippen LogP contribution >= 0.6 is 0 Å². The smallest absolute Gasteiger partial charge is 0.223 e. The monoisotopic (exact) mass is 266 g/mol. The lowest BCUT2D eigenvalue weighted by Crippen LogP contribution is -2.59. The molecule has 0 spiro atoms. The van der Waals surface area contributed by atoms with Crippen LogP contribution in [0.15, 0.2) is 4.52 Å². The first kappa shape index (κ1) is 14.5. The number of piperazine rings is 1. The molecule has 1 N–H and O–H groups in total. The van der Waals surface area contributed by atoms with E-state index in [1.165, 1.54) is 0 Å². The van der Waals surface area contributed by atoms with Gasteiger partial charge in [-0.15, -0.1) is 0 Å². The molecule has 1 aliphatic heterocycles. The van der Waals surface area contributed by atoms with Crippen LogP contribution in [0.5, 0.6) is 0 Å². The third-order valence-electron chi connectivity index (χ3n) is 3.94. The van der Waals surface area contributed by atoms with Crippen LogP contribution in [0.4, 0.5) is 0 Å². The van der Waals surface area contributed by atoms with E-state index in [4.69, 9.17) is 4.52 Å². The predicted molar refractivity (Wildman–Crippen MR) is 75.0 cm³/mol. The molecule has 0 radical (unpaired) electrons. The maximum atomic E-state index is 5.01. The number of aryl methyl sites for hydroxylation is 1. The van der Waals surface area contributed by atoms with Crippen LogP contribution in [0.2, 0.25) is 0 Å². The number of nitrogens with one attached hydrogen (secondary N) is 1. The van der Waals surface area contributed by atoms with Gasteiger partial charge in [-0.3, -0.25) is 4.90 Å². The van der Waals surface area contributed by atoms with E-state index in [1.807, 2.05) is 6.92 Å². The van der Waals surface area contributed by atoms with Crippen molar-refractivity contribution in [2.24, 2.45) is 5.41 Å². The van der Waals surface area contributed by atoms with Gasteiger partial charge in [0.1, 0.15) is 0 Å². The molecule has 0 amide bonds. The molecule has 1 aliphatic rings. The summed E-state index contributed by atoms with van der Waals surface area (Å²) in [7, 11) is 0. The van der Waals surface area contributed by atoms with E-state index in [2.05, 4.69) is 48.1 Å². The predicted octanol–water partition coefficient (Wildman–Crippen LogP) is 1.63. The minimum Gasteiger partial charge on any atom is -0.340 e. The highest BCUT2D eigenvalue weighted by atomic mass is 16.5. The van der Waals surface area contributed by atoms with Crippen molar-refractivity contribution in [1.29, 1.82) is 0 Å². The van der Waals surface area contributed by atoms with E-state index in [1.54, 1.807) is 0 Å². The quantitative estimate of drug-likeness (QED) is 0.901. The Hall–Kier alpha value is -0.940. The highest BCUT2D eigenvalue weighted by Gasteiger charge is 2.32. The Labute approximate surface area is 115 Å². The van der Waals surface area contributed by atoms with Gasteiger partial charge in [0, 0.05) is 45.1 Å². The summed E-state index contributed by atoms with van der Waals surface area (Å²) in [5.74, 6) is 1.46. The summed E-state index contributed by atoms with van der Waals surface area (Å²) in [6.07, 6.45) is 0.860. The Bertz CT molecular complexity index is 410. The second kappa shape index (κ2) is 5.59. The summed E-state index contributed by atoms with van der Waals surface area (Å²) in [6.45, 7) is 14.1. The molecule has 5 nitrogen and oxygen atoms in total. The van der Waals surface area contributed by atoms with Crippen LogP contribution in [0, 0.1) is 12.3 Å². The molecule has 19 heavy (non-hydrogen) atoms. The van der Waals surface area contributed by atoms with Crippen LogP contribution in [0.3, 0.4) is 0 Å². The summed E-state index contributed by atoms with van der Waals surface area (Å²) < 4.78 is 5.01. The molecule has 1 fully saturated rings. The molecule has 0 bridgehead atoms. The molecule has 1 aromatic heterocycles. The fourth-order valence-corrected chi connectivity index (χ4v) is 2.50. The molecule has 2 heterocycles. The van der Waals surface area contributed by atoms with Crippen molar-refractivity contribution in [3.63, 3.8) is 0 Å². The molecular weight excluding hydrogens is 240 g/mol. The number of nitrogens with zero attached hydrogens (tertiary/aromatic N) is 3. The van der Waals surface area contributed by atoms with Gasteiger partial charge in [0.15, 0.2) is 5.82 Å². The van der Waals surface area contributed by atoms with E-state index >= 15 is 0 Å². The SMILES string of the molecule is Cc1nc(CCN2CC(C(C)(C)C)NCC2C)no1. The molecule has 1 saturated heterocycles. The van der Waals surface area contributed by atoms with Crippen molar-refractivity contribution in [3.8, 4) is 0 Å². The van der Waals surface area contributed by atoms with E-state index < -0.39 is 0 Å². The van der Waals surface area contributed by atoms with Crippen molar-refractivity contribution in [2.45, 2.75) is 53.1 Å². The van der Waals surface area contributed by atoms with E-state index in [9.17, 15) is 0 Å². The zero-order chi connectivity index (χ0) is 14.0. The second-order valence-corrected chi connectivity index (χ2v) is 6.65. The average molecular weight is 266 g/mol. The first-order chi connectivity index (χ1) is 8.86. The summed E-state index contributed by atoms with van der Waals surface area (Å²) in [4.78, 5) is 6.79. The Morgan fingerprint density at radius 1 is 1.42 bits per heavy atom. The fraction of sp³-hybridized carbons (Fsp3) is 0.857. The Morgan fingerprint density at radius 3 is 2.74 bits per heavy atom. The minimum absolute atomic E-state index is 0.293. The zero-order valence-corrected chi connectivity index (χ0v) is 12.7. The molecule has 2 rings (SSSR count). The molecule has 0 saturated carbocycles. The number of rotatable bonds is 3. The minimum atomic E-state index is 0.293. The highest BCUT2D eigenvalue weighted by molar-refractivity contribution is 4.92. The van der Waals surface area contributed by atoms with Gasteiger partial charge in [0.05, 0.1) is 0 Å². The maximum absolute atomic E-state index is 5.01. The number of hydrogen-bond acceptors (Lipinski definition) is 5. The van der Waals surface area contributed by atoms with Crippen LogP contribution in [0.25, 0.3) is 0 Å². The third kappa shape index (κ3) is 3.76. The van der Waals surface area contributed by atoms with Crippen molar-refractivity contribution in [3.05, 3.63) is 11.7 Å². The molecule has 2 atom stereocenters.